The van der Waals surface area contributed by atoms with Gasteiger partial charge in [-0.15, -0.1) is 0 Å². The molecular weight excluding hydrogens is 258 g/mol. The van der Waals surface area contributed by atoms with Crippen LogP contribution < -0.4 is 4.90 Å². The Bertz CT molecular complexity index is 500. The zero-order valence-corrected chi connectivity index (χ0v) is 10.9. The maximum Gasteiger partial charge on any atom is 0.264 e. The molecule has 0 aromatic carbocycles. The van der Waals surface area contributed by atoms with E-state index in [1.165, 1.54) is 6.33 Å². The van der Waals surface area contributed by atoms with E-state index >= 15 is 0 Å². The number of hydrogen-bond acceptors (Lipinski definition) is 7. The van der Waals surface area contributed by atoms with Crippen molar-refractivity contribution in [3.8, 4) is 0 Å². The Morgan fingerprint density at radius 1 is 1.39 bits per heavy atom. The molecule has 0 N–H and O–H groups in total. The number of morpholine rings is 1. The Hall–Kier alpha value is -1.25. The highest BCUT2D eigenvalue weighted by atomic mass is 32.2. The van der Waals surface area contributed by atoms with Crippen molar-refractivity contribution < 1.29 is 17.3 Å². The van der Waals surface area contributed by atoms with Gasteiger partial charge in [0.2, 0.25) is 0 Å². The van der Waals surface area contributed by atoms with Gasteiger partial charge in [0.1, 0.15) is 18.8 Å². The molecule has 1 saturated heterocycles. The van der Waals surface area contributed by atoms with E-state index in [4.69, 9.17) is 8.92 Å². The SMILES string of the molecule is CS(=O)(=O)OCc1cc(N2CCOCC2)ncn1. The highest BCUT2D eigenvalue weighted by Crippen LogP contribution is 2.13. The van der Waals surface area contributed by atoms with E-state index in [0.29, 0.717) is 18.9 Å². The summed E-state index contributed by atoms with van der Waals surface area (Å²) in [5, 5.41) is 0. The van der Waals surface area contributed by atoms with Crippen LogP contribution in [0.4, 0.5) is 5.82 Å². The van der Waals surface area contributed by atoms with E-state index in [-0.39, 0.29) is 6.61 Å². The van der Waals surface area contributed by atoms with Gasteiger partial charge in [-0.25, -0.2) is 9.97 Å². The third-order valence-corrected chi connectivity index (χ3v) is 3.01. The van der Waals surface area contributed by atoms with E-state index < -0.39 is 10.1 Å². The first-order valence-corrected chi connectivity index (χ1v) is 7.34. The average Bonchev–Trinajstić information content (AvgIpc) is 2.37. The second kappa shape index (κ2) is 5.59. The standard InChI is InChI=1S/C10H15N3O4S/c1-18(14,15)17-7-9-6-10(12-8-11-9)13-2-4-16-5-3-13/h6,8H,2-5,7H2,1H3. The van der Waals surface area contributed by atoms with Gasteiger partial charge in [0.05, 0.1) is 25.2 Å². The van der Waals surface area contributed by atoms with Crippen molar-refractivity contribution in [1.82, 2.24) is 9.97 Å². The van der Waals surface area contributed by atoms with Crippen LogP contribution in [0.2, 0.25) is 0 Å². The van der Waals surface area contributed by atoms with Gasteiger partial charge >= 0.3 is 0 Å². The smallest absolute Gasteiger partial charge is 0.264 e. The highest BCUT2D eigenvalue weighted by molar-refractivity contribution is 7.85. The number of nitrogens with zero attached hydrogens (tertiary/aromatic N) is 3. The third-order valence-electron chi connectivity index (χ3n) is 2.47. The maximum atomic E-state index is 10.9. The quantitative estimate of drug-likeness (QED) is 0.702. The number of ether oxygens (including phenoxy) is 1. The average molecular weight is 273 g/mol. The van der Waals surface area contributed by atoms with Gasteiger partial charge in [0, 0.05) is 19.2 Å². The van der Waals surface area contributed by atoms with Gasteiger partial charge in [-0.2, -0.15) is 8.42 Å². The minimum absolute atomic E-state index is 0.0707. The summed E-state index contributed by atoms with van der Waals surface area (Å²) in [6.45, 7) is 2.80. The summed E-state index contributed by atoms with van der Waals surface area (Å²) in [5.74, 6) is 0.764. The van der Waals surface area contributed by atoms with E-state index in [1.807, 2.05) is 0 Å². The normalized spacial score (nSPS) is 16.8. The molecule has 1 aromatic rings. The molecule has 100 valence electrons. The molecule has 2 rings (SSSR count). The van der Waals surface area contributed by atoms with Crippen LogP contribution in [0, 0.1) is 0 Å². The molecule has 1 aliphatic heterocycles. The molecule has 1 aromatic heterocycles. The second-order valence-corrected chi connectivity index (χ2v) is 5.58. The lowest BCUT2D eigenvalue weighted by molar-refractivity contribution is 0.122. The Labute approximate surface area is 106 Å². The molecule has 18 heavy (non-hydrogen) atoms. The zero-order valence-electron chi connectivity index (χ0n) is 10.1. The van der Waals surface area contributed by atoms with Crippen LogP contribution in [-0.4, -0.2) is 50.9 Å². The molecule has 0 bridgehead atoms. The molecule has 2 heterocycles. The van der Waals surface area contributed by atoms with Crippen LogP contribution in [0.3, 0.4) is 0 Å². The minimum atomic E-state index is -3.45. The minimum Gasteiger partial charge on any atom is -0.378 e. The summed E-state index contributed by atoms with van der Waals surface area (Å²) < 4.78 is 31.7. The van der Waals surface area contributed by atoms with Crippen molar-refractivity contribution in [3.05, 3.63) is 18.1 Å². The summed E-state index contributed by atoms with van der Waals surface area (Å²) in [7, 11) is -3.45. The number of rotatable bonds is 4. The fourth-order valence-electron chi connectivity index (χ4n) is 1.60. The Morgan fingerprint density at radius 3 is 2.78 bits per heavy atom. The summed E-state index contributed by atoms with van der Waals surface area (Å²) in [6.07, 6.45) is 2.42. The predicted molar refractivity (Wildman–Crippen MR) is 64.7 cm³/mol. The molecular formula is C10H15N3O4S. The Morgan fingerprint density at radius 2 is 2.11 bits per heavy atom. The van der Waals surface area contributed by atoms with Gasteiger partial charge in [0.15, 0.2) is 0 Å². The molecule has 0 amide bonds. The lowest BCUT2D eigenvalue weighted by Crippen LogP contribution is -2.36. The van der Waals surface area contributed by atoms with E-state index in [2.05, 4.69) is 14.9 Å². The van der Waals surface area contributed by atoms with Crippen LogP contribution in [0.1, 0.15) is 5.69 Å². The number of hydrogen-bond donors (Lipinski definition) is 0. The van der Waals surface area contributed by atoms with Gasteiger partial charge in [-0.3, -0.25) is 4.18 Å². The Balaban J connectivity index is 2.04. The monoisotopic (exact) mass is 273 g/mol. The largest absolute Gasteiger partial charge is 0.378 e. The lowest BCUT2D eigenvalue weighted by atomic mass is 10.3. The van der Waals surface area contributed by atoms with Gasteiger partial charge in [0.25, 0.3) is 10.1 Å². The molecule has 0 atom stereocenters. The number of anilines is 1. The first-order valence-electron chi connectivity index (χ1n) is 5.52. The van der Waals surface area contributed by atoms with Crippen molar-refractivity contribution in [3.63, 3.8) is 0 Å². The van der Waals surface area contributed by atoms with Crippen LogP contribution in [-0.2, 0) is 25.6 Å². The lowest BCUT2D eigenvalue weighted by Gasteiger charge is -2.27. The Kier molecular flexibility index (Phi) is 4.10. The van der Waals surface area contributed by atoms with Crippen molar-refractivity contribution in [2.45, 2.75) is 6.61 Å². The summed E-state index contributed by atoms with van der Waals surface area (Å²) in [6, 6.07) is 1.73. The maximum absolute atomic E-state index is 10.9. The molecule has 0 unspecified atom stereocenters. The highest BCUT2D eigenvalue weighted by Gasteiger charge is 2.13. The van der Waals surface area contributed by atoms with Crippen molar-refractivity contribution >= 4 is 15.9 Å². The molecule has 0 spiro atoms. The van der Waals surface area contributed by atoms with E-state index in [9.17, 15) is 8.42 Å². The molecule has 0 aliphatic carbocycles. The first-order chi connectivity index (χ1) is 8.54. The summed E-state index contributed by atoms with van der Waals surface area (Å²) in [4.78, 5) is 10.2. The topological polar surface area (TPSA) is 81.6 Å². The van der Waals surface area contributed by atoms with Crippen molar-refractivity contribution in [1.29, 1.82) is 0 Å². The van der Waals surface area contributed by atoms with Crippen molar-refractivity contribution in [2.24, 2.45) is 0 Å². The van der Waals surface area contributed by atoms with Gasteiger partial charge in [-0.1, -0.05) is 0 Å². The molecule has 1 fully saturated rings. The third kappa shape index (κ3) is 3.90. The first kappa shape index (κ1) is 13.2. The second-order valence-electron chi connectivity index (χ2n) is 3.93. The summed E-state index contributed by atoms with van der Waals surface area (Å²) >= 11 is 0. The fraction of sp³-hybridized carbons (Fsp3) is 0.600. The summed E-state index contributed by atoms with van der Waals surface area (Å²) in [5.41, 5.74) is 0.539. The molecule has 0 radical (unpaired) electrons. The van der Waals surface area contributed by atoms with E-state index in [0.717, 1.165) is 25.2 Å². The van der Waals surface area contributed by atoms with Crippen LogP contribution in [0.15, 0.2) is 12.4 Å². The fourth-order valence-corrected chi connectivity index (χ4v) is 1.93. The van der Waals surface area contributed by atoms with Crippen LogP contribution in [0.5, 0.6) is 0 Å². The van der Waals surface area contributed by atoms with Crippen LogP contribution >= 0.6 is 0 Å². The molecule has 1 aliphatic rings. The molecule has 0 saturated carbocycles. The van der Waals surface area contributed by atoms with E-state index in [1.54, 1.807) is 6.07 Å². The zero-order chi connectivity index (χ0) is 13.0. The molecule has 8 heteroatoms. The number of aromatic nitrogens is 2. The predicted octanol–water partition coefficient (Wildman–Crippen LogP) is -0.211. The van der Waals surface area contributed by atoms with Crippen LogP contribution in [0.25, 0.3) is 0 Å². The van der Waals surface area contributed by atoms with Gasteiger partial charge < -0.3 is 9.64 Å². The molecule has 7 nitrogen and oxygen atoms in total. The van der Waals surface area contributed by atoms with Gasteiger partial charge in [-0.05, 0) is 0 Å². The van der Waals surface area contributed by atoms with Crippen molar-refractivity contribution in [2.75, 3.05) is 37.5 Å².